The fraction of sp³-hybridized carbons (Fsp3) is 0.520. The number of hydrogen-bond acceptors (Lipinski definition) is 9. The number of nitrogens with zero attached hydrogens (tertiary/aromatic N) is 3. The molecule has 1 aliphatic carbocycles. The predicted molar refractivity (Wildman–Crippen MR) is 130 cm³/mol. The van der Waals surface area contributed by atoms with Crippen molar-refractivity contribution < 1.29 is 34.0 Å². The van der Waals surface area contributed by atoms with Gasteiger partial charge in [0, 0.05) is 31.3 Å². The summed E-state index contributed by atoms with van der Waals surface area (Å²) in [4.78, 5) is 34.5. The first kappa shape index (κ1) is 26.6. The third-order valence-electron chi connectivity index (χ3n) is 6.48. The molecule has 2 atom stereocenters. The molecule has 0 spiro atoms. The number of nitrogens with one attached hydrogen (secondary N) is 2. The number of aliphatic hydroxyl groups excluding tert-OH is 1. The Bertz CT molecular complexity index is 1180. The molecule has 3 heterocycles. The van der Waals surface area contributed by atoms with Crippen LogP contribution in [0.25, 0.3) is 0 Å². The number of halogens is 1. The van der Waals surface area contributed by atoms with Crippen molar-refractivity contribution in [2.75, 3.05) is 11.9 Å². The molecule has 4 rings (SSSR count). The summed E-state index contributed by atoms with van der Waals surface area (Å²) in [6, 6.07) is 2.89. The molecule has 0 bridgehead atoms. The first-order valence-corrected chi connectivity index (χ1v) is 12.1. The van der Waals surface area contributed by atoms with E-state index >= 15 is 0 Å². The van der Waals surface area contributed by atoms with Crippen molar-refractivity contribution in [1.82, 2.24) is 20.2 Å². The Morgan fingerprint density at radius 1 is 1.24 bits per heavy atom. The summed E-state index contributed by atoms with van der Waals surface area (Å²) < 4.78 is 19.8. The van der Waals surface area contributed by atoms with Crippen molar-refractivity contribution in [3.05, 3.63) is 47.0 Å². The van der Waals surface area contributed by atoms with Gasteiger partial charge in [-0.15, -0.1) is 0 Å². The fourth-order valence-corrected chi connectivity index (χ4v) is 4.24. The van der Waals surface area contributed by atoms with Crippen LogP contribution in [0.3, 0.4) is 0 Å². The highest BCUT2D eigenvalue weighted by Gasteiger charge is 2.49. The van der Waals surface area contributed by atoms with E-state index in [0.29, 0.717) is 16.9 Å². The molecule has 2 amide bonds. The highest BCUT2D eigenvalue weighted by Crippen LogP contribution is 2.34. The number of ether oxygens (including phenoxy) is 1. The van der Waals surface area contributed by atoms with E-state index < -0.39 is 41.8 Å². The van der Waals surface area contributed by atoms with Gasteiger partial charge in [-0.1, -0.05) is 0 Å². The molecular formula is C25H32FN5O6. The van der Waals surface area contributed by atoms with E-state index in [0.717, 1.165) is 30.4 Å². The van der Waals surface area contributed by atoms with E-state index in [2.05, 4.69) is 20.6 Å². The number of anilines is 1. The number of carbonyl (C=O) groups is 2. The molecule has 0 unspecified atom stereocenters. The first-order valence-electron chi connectivity index (χ1n) is 12.1. The molecule has 0 radical (unpaired) electrons. The lowest BCUT2D eigenvalue weighted by Gasteiger charge is -2.46. The van der Waals surface area contributed by atoms with E-state index in [1.165, 1.54) is 18.3 Å². The van der Waals surface area contributed by atoms with Gasteiger partial charge in [0.2, 0.25) is 5.88 Å². The van der Waals surface area contributed by atoms with Gasteiger partial charge in [-0.3, -0.25) is 9.69 Å². The summed E-state index contributed by atoms with van der Waals surface area (Å²) in [6.07, 6.45) is 2.51. The normalized spacial score (nSPS) is 20.4. The summed E-state index contributed by atoms with van der Waals surface area (Å²) >= 11 is 0. The van der Waals surface area contributed by atoms with E-state index in [9.17, 15) is 29.3 Å². The zero-order chi connectivity index (χ0) is 27.0. The summed E-state index contributed by atoms with van der Waals surface area (Å²) in [7, 11) is 0. The average molecular weight is 518 g/mol. The molecule has 0 saturated heterocycles. The number of pyridine rings is 2. The van der Waals surface area contributed by atoms with Gasteiger partial charge in [0.15, 0.2) is 11.5 Å². The average Bonchev–Trinajstić information content (AvgIpc) is 2.79. The maximum absolute atomic E-state index is 14.4. The van der Waals surface area contributed by atoms with E-state index in [-0.39, 0.29) is 30.5 Å². The second kappa shape index (κ2) is 10.1. The number of rotatable bonds is 6. The van der Waals surface area contributed by atoms with Gasteiger partial charge in [0.25, 0.3) is 5.91 Å². The lowest BCUT2D eigenvalue weighted by molar-refractivity contribution is -0.177. The third kappa shape index (κ3) is 5.91. The smallest absolute Gasteiger partial charge is 0.412 e. The molecule has 2 aromatic heterocycles. The van der Waals surface area contributed by atoms with Crippen LogP contribution in [0.1, 0.15) is 61.5 Å². The molecule has 2 aromatic rings. The van der Waals surface area contributed by atoms with Crippen LogP contribution in [0.5, 0.6) is 5.88 Å². The molecule has 1 saturated carbocycles. The highest BCUT2D eigenvalue weighted by atomic mass is 19.1. The Hall–Kier alpha value is -3.51. The number of amides is 2. The standard InChI is InChI=1S/C25H32FN5O6/c1-24(2,3)37-23(35)31-13-14-7-21(33)28-10-15(14)9-25(31,36)19(32)12-29-22(34)17-8-20(27-11-18(17)26)30-16-5-4-6-16/h7-8,10-11,16,19,32,36H,4-6,9,12-13H2,1-3H3,(H,27,30)(H,28,33)(H,29,34)/t19-,25+/m1/s1. The van der Waals surface area contributed by atoms with Crippen LogP contribution < -0.4 is 10.6 Å². The summed E-state index contributed by atoms with van der Waals surface area (Å²) in [5, 5.41) is 37.9. The van der Waals surface area contributed by atoms with Crippen LogP contribution in [-0.2, 0) is 17.7 Å². The predicted octanol–water partition coefficient (Wildman–Crippen LogP) is 2.06. The molecule has 1 fully saturated rings. The molecule has 5 N–H and O–H groups in total. The number of fused-ring (bicyclic) bond motifs is 1. The van der Waals surface area contributed by atoms with Crippen LogP contribution in [0.15, 0.2) is 24.5 Å². The minimum Gasteiger partial charge on any atom is -0.493 e. The zero-order valence-corrected chi connectivity index (χ0v) is 21.0. The Balaban J connectivity index is 1.52. The van der Waals surface area contributed by atoms with Gasteiger partial charge >= 0.3 is 6.09 Å². The first-order chi connectivity index (χ1) is 17.4. The molecule has 37 heavy (non-hydrogen) atoms. The van der Waals surface area contributed by atoms with Crippen LogP contribution in [0.4, 0.5) is 15.0 Å². The van der Waals surface area contributed by atoms with Gasteiger partial charge in [-0.25, -0.2) is 19.2 Å². The Labute approximate surface area is 213 Å². The Morgan fingerprint density at radius 2 is 1.97 bits per heavy atom. The third-order valence-corrected chi connectivity index (χ3v) is 6.48. The molecule has 12 heteroatoms. The topological polar surface area (TPSA) is 157 Å². The van der Waals surface area contributed by atoms with Crippen molar-refractivity contribution in [1.29, 1.82) is 0 Å². The summed E-state index contributed by atoms with van der Waals surface area (Å²) in [5.41, 5.74) is -2.33. The van der Waals surface area contributed by atoms with Crippen LogP contribution in [0, 0.1) is 5.82 Å². The number of aliphatic hydroxyl groups is 2. The molecule has 200 valence electrons. The Kier molecular flexibility index (Phi) is 7.24. The second-order valence-corrected chi connectivity index (χ2v) is 10.5. The number of aromatic hydroxyl groups is 1. The minimum absolute atomic E-state index is 0.184. The van der Waals surface area contributed by atoms with Gasteiger partial charge in [0.1, 0.15) is 17.5 Å². The number of carbonyl (C=O) groups excluding carboxylic acids is 2. The summed E-state index contributed by atoms with van der Waals surface area (Å²) in [5.74, 6) is -1.54. The van der Waals surface area contributed by atoms with Gasteiger partial charge in [-0.05, 0) is 57.2 Å². The van der Waals surface area contributed by atoms with E-state index in [1.54, 1.807) is 20.8 Å². The summed E-state index contributed by atoms with van der Waals surface area (Å²) in [6.45, 7) is 4.29. The van der Waals surface area contributed by atoms with Crippen molar-refractivity contribution in [2.45, 2.75) is 76.5 Å². The van der Waals surface area contributed by atoms with Crippen molar-refractivity contribution in [2.24, 2.45) is 0 Å². The van der Waals surface area contributed by atoms with Crippen LogP contribution in [-0.4, -0.2) is 72.2 Å². The maximum atomic E-state index is 14.4. The monoisotopic (exact) mass is 517 g/mol. The lowest BCUT2D eigenvalue weighted by atomic mass is 9.89. The van der Waals surface area contributed by atoms with Crippen molar-refractivity contribution >= 4 is 17.8 Å². The maximum Gasteiger partial charge on any atom is 0.412 e. The fourth-order valence-electron chi connectivity index (χ4n) is 4.24. The number of aromatic nitrogens is 2. The Morgan fingerprint density at radius 3 is 2.62 bits per heavy atom. The van der Waals surface area contributed by atoms with Crippen LogP contribution in [0.2, 0.25) is 0 Å². The SMILES string of the molecule is CC(C)(C)OC(=O)N1Cc2cc(O)ncc2C[C@]1(O)[C@H](O)CNC(=O)c1cc(NC2CCC2)ncc1F. The van der Waals surface area contributed by atoms with E-state index in [1.807, 2.05) is 0 Å². The molecule has 0 aromatic carbocycles. The van der Waals surface area contributed by atoms with Gasteiger partial charge in [0.05, 0.1) is 18.3 Å². The zero-order valence-electron chi connectivity index (χ0n) is 21.0. The molecular weight excluding hydrogens is 485 g/mol. The quantitative estimate of drug-likeness (QED) is 0.387. The van der Waals surface area contributed by atoms with Crippen molar-refractivity contribution in [3.8, 4) is 5.88 Å². The molecule has 2 aliphatic rings. The van der Waals surface area contributed by atoms with Gasteiger partial charge in [-0.2, -0.15) is 0 Å². The molecule has 1 aliphatic heterocycles. The minimum atomic E-state index is -2.19. The molecule has 11 nitrogen and oxygen atoms in total. The largest absolute Gasteiger partial charge is 0.493 e. The lowest BCUT2D eigenvalue weighted by Crippen LogP contribution is -2.64. The highest BCUT2D eigenvalue weighted by molar-refractivity contribution is 5.95. The number of hydrogen-bond donors (Lipinski definition) is 5. The van der Waals surface area contributed by atoms with Gasteiger partial charge < -0.3 is 30.7 Å². The van der Waals surface area contributed by atoms with Crippen molar-refractivity contribution in [3.63, 3.8) is 0 Å². The second-order valence-electron chi connectivity index (χ2n) is 10.5. The van der Waals surface area contributed by atoms with E-state index in [4.69, 9.17) is 4.74 Å². The van der Waals surface area contributed by atoms with Crippen LogP contribution >= 0.6 is 0 Å².